The number of hydrogen-bond acceptors (Lipinski definition) is 4. The van der Waals surface area contributed by atoms with E-state index in [0.29, 0.717) is 24.2 Å². The van der Waals surface area contributed by atoms with Gasteiger partial charge in [0.2, 0.25) is 0 Å². The largest absolute Gasteiger partial charge is 0.391 e. The molecular weight excluding hydrogens is 289 g/mol. The van der Waals surface area contributed by atoms with Crippen LogP contribution in [0.1, 0.15) is 22.5 Å². The first-order valence-corrected chi connectivity index (χ1v) is 5.80. The first-order chi connectivity index (χ1) is 8.18. The van der Waals surface area contributed by atoms with Crippen LogP contribution in [0.15, 0.2) is 18.3 Å². The number of halogens is 2. The highest BCUT2D eigenvalue weighted by Crippen LogP contribution is 2.07. The number of nitrogens with one attached hydrogen (secondary N) is 2. The van der Waals surface area contributed by atoms with E-state index in [1.165, 1.54) is 0 Å². The molecule has 1 fully saturated rings. The maximum absolute atomic E-state index is 12.0. The van der Waals surface area contributed by atoms with Crippen LogP contribution in [0.2, 0.25) is 0 Å². The normalized spacial score (nSPS) is 21.8. The van der Waals surface area contributed by atoms with Gasteiger partial charge in [-0.1, -0.05) is 0 Å². The number of aliphatic hydroxyl groups is 1. The van der Waals surface area contributed by atoms with Crippen LogP contribution in [-0.2, 0) is 0 Å². The van der Waals surface area contributed by atoms with Crippen molar-refractivity contribution < 1.29 is 9.90 Å². The zero-order valence-corrected chi connectivity index (χ0v) is 12.3. The van der Waals surface area contributed by atoms with Crippen LogP contribution in [0.3, 0.4) is 0 Å². The summed E-state index contributed by atoms with van der Waals surface area (Å²) in [5, 5.41) is 15.7. The van der Waals surface area contributed by atoms with Gasteiger partial charge in [-0.2, -0.15) is 0 Å². The molecule has 5 nitrogen and oxygen atoms in total. The number of aromatic nitrogens is 1. The van der Waals surface area contributed by atoms with Crippen molar-refractivity contribution in [1.82, 2.24) is 15.6 Å². The van der Waals surface area contributed by atoms with E-state index in [2.05, 4.69) is 15.6 Å². The Balaban J connectivity index is 0.00000162. The molecule has 3 N–H and O–H groups in total. The van der Waals surface area contributed by atoms with Crippen LogP contribution in [-0.4, -0.2) is 41.2 Å². The highest BCUT2D eigenvalue weighted by molar-refractivity contribution is 5.95. The molecule has 1 amide bonds. The van der Waals surface area contributed by atoms with E-state index in [-0.39, 0.29) is 36.8 Å². The molecule has 2 rings (SSSR count). The minimum atomic E-state index is -0.475. The topological polar surface area (TPSA) is 74.2 Å². The van der Waals surface area contributed by atoms with Gasteiger partial charge in [0.15, 0.2) is 0 Å². The lowest BCUT2D eigenvalue weighted by Gasteiger charge is -2.29. The third-order valence-corrected chi connectivity index (χ3v) is 3.01. The number of rotatable bonds is 2. The van der Waals surface area contributed by atoms with Crippen LogP contribution in [0.5, 0.6) is 0 Å². The third-order valence-electron chi connectivity index (χ3n) is 3.01. The Morgan fingerprint density at radius 1 is 1.53 bits per heavy atom. The Kier molecular flexibility index (Phi) is 7.94. The first kappa shape index (κ1) is 18.1. The Labute approximate surface area is 125 Å². The number of hydrogen-bond donors (Lipinski definition) is 3. The molecule has 0 radical (unpaired) electrons. The fourth-order valence-electron chi connectivity index (χ4n) is 1.96. The van der Waals surface area contributed by atoms with Gasteiger partial charge >= 0.3 is 0 Å². The fraction of sp³-hybridized carbons (Fsp3) is 0.500. The quantitative estimate of drug-likeness (QED) is 0.751. The van der Waals surface area contributed by atoms with Crippen LogP contribution >= 0.6 is 24.8 Å². The molecule has 2 atom stereocenters. The molecule has 1 aromatic rings. The minimum Gasteiger partial charge on any atom is -0.391 e. The summed E-state index contributed by atoms with van der Waals surface area (Å²) in [5.74, 6) is -0.177. The average molecular weight is 308 g/mol. The van der Waals surface area contributed by atoms with Crippen LogP contribution in [0.4, 0.5) is 0 Å². The van der Waals surface area contributed by atoms with E-state index in [1.54, 1.807) is 25.3 Å². The number of pyridine rings is 1. The molecule has 0 saturated carbocycles. The Hall–Kier alpha value is -0.880. The lowest BCUT2D eigenvalue weighted by atomic mass is 10.0. The van der Waals surface area contributed by atoms with Gasteiger partial charge in [0.05, 0.1) is 17.7 Å². The number of aryl methyl sites for hydroxylation is 1. The third kappa shape index (κ3) is 4.62. The van der Waals surface area contributed by atoms with Gasteiger partial charge in [0.25, 0.3) is 5.91 Å². The van der Waals surface area contributed by atoms with Crippen molar-refractivity contribution in [2.75, 3.05) is 13.1 Å². The summed E-state index contributed by atoms with van der Waals surface area (Å²) in [6.07, 6.45) is 1.84. The van der Waals surface area contributed by atoms with Crippen molar-refractivity contribution in [1.29, 1.82) is 0 Å². The maximum Gasteiger partial charge on any atom is 0.253 e. The highest BCUT2D eigenvalue weighted by Gasteiger charge is 2.25. The molecule has 1 aromatic heterocycles. The maximum atomic E-state index is 12.0. The zero-order chi connectivity index (χ0) is 12.3. The summed E-state index contributed by atoms with van der Waals surface area (Å²) in [6, 6.07) is 3.24. The summed E-state index contributed by atoms with van der Waals surface area (Å²) in [7, 11) is 0. The van der Waals surface area contributed by atoms with Crippen molar-refractivity contribution >= 4 is 30.7 Å². The summed E-state index contributed by atoms with van der Waals surface area (Å²) in [5.41, 5.74) is 1.26. The van der Waals surface area contributed by atoms with Gasteiger partial charge in [-0.25, -0.2) is 0 Å². The van der Waals surface area contributed by atoms with Crippen molar-refractivity contribution in [3.8, 4) is 0 Å². The van der Waals surface area contributed by atoms with Gasteiger partial charge in [-0.15, -0.1) is 24.8 Å². The van der Waals surface area contributed by atoms with Gasteiger partial charge in [-0.3, -0.25) is 9.78 Å². The van der Waals surface area contributed by atoms with Gasteiger partial charge < -0.3 is 15.7 Å². The Morgan fingerprint density at radius 2 is 2.26 bits per heavy atom. The van der Waals surface area contributed by atoms with Crippen molar-refractivity contribution in [3.63, 3.8) is 0 Å². The van der Waals surface area contributed by atoms with Crippen LogP contribution in [0, 0.1) is 6.92 Å². The molecular formula is C12H19Cl2N3O2. The second-order valence-electron chi connectivity index (χ2n) is 4.28. The summed E-state index contributed by atoms with van der Waals surface area (Å²) >= 11 is 0. The molecule has 1 saturated heterocycles. The zero-order valence-electron chi connectivity index (χ0n) is 10.6. The van der Waals surface area contributed by atoms with E-state index >= 15 is 0 Å². The van der Waals surface area contributed by atoms with E-state index in [4.69, 9.17) is 0 Å². The number of carbonyl (C=O) groups is 1. The molecule has 1 aliphatic heterocycles. The monoisotopic (exact) mass is 307 g/mol. The minimum absolute atomic E-state index is 0. The average Bonchev–Trinajstić information content (AvgIpc) is 2.32. The Bertz CT molecular complexity index is 418. The van der Waals surface area contributed by atoms with E-state index < -0.39 is 6.10 Å². The SMILES string of the molecule is Cc1ncccc1C(=O)N[C@H]1CNCC[C@H]1O.Cl.Cl. The number of carbonyl (C=O) groups excluding carboxylic acids is 1. The molecule has 1 aliphatic rings. The number of piperidine rings is 1. The van der Waals surface area contributed by atoms with Crippen molar-refractivity contribution in [3.05, 3.63) is 29.6 Å². The summed E-state index contributed by atoms with van der Waals surface area (Å²) in [6.45, 7) is 3.19. The molecule has 0 unspecified atom stereocenters. The number of amides is 1. The summed E-state index contributed by atoms with van der Waals surface area (Å²) < 4.78 is 0. The summed E-state index contributed by atoms with van der Waals surface area (Å²) in [4.78, 5) is 16.1. The van der Waals surface area contributed by atoms with Gasteiger partial charge in [0, 0.05) is 18.4 Å². The molecule has 7 heteroatoms. The lowest BCUT2D eigenvalue weighted by Crippen LogP contribution is -2.53. The predicted octanol–water partition coefficient (Wildman–Crippen LogP) is 0.686. The molecule has 0 aromatic carbocycles. The Morgan fingerprint density at radius 3 is 2.89 bits per heavy atom. The van der Waals surface area contributed by atoms with E-state index in [0.717, 1.165) is 6.54 Å². The first-order valence-electron chi connectivity index (χ1n) is 5.80. The van der Waals surface area contributed by atoms with E-state index in [1.807, 2.05) is 0 Å². The van der Waals surface area contributed by atoms with Crippen LogP contribution < -0.4 is 10.6 Å². The molecule has 108 valence electrons. The predicted molar refractivity (Wildman–Crippen MR) is 78.2 cm³/mol. The fourth-order valence-corrected chi connectivity index (χ4v) is 1.96. The smallest absolute Gasteiger partial charge is 0.253 e. The molecule has 19 heavy (non-hydrogen) atoms. The molecule has 2 heterocycles. The second-order valence-corrected chi connectivity index (χ2v) is 4.28. The van der Waals surface area contributed by atoms with Gasteiger partial charge in [-0.05, 0) is 32.0 Å². The van der Waals surface area contributed by atoms with Crippen molar-refractivity contribution in [2.45, 2.75) is 25.5 Å². The number of aliphatic hydroxyl groups excluding tert-OH is 1. The lowest BCUT2D eigenvalue weighted by molar-refractivity contribution is 0.0754. The molecule has 0 bridgehead atoms. The van der Waals surface area contributed by atoms with Crippen LogP contribution in [0.25, 0.3) is 0 Å². The van der Waals surface area contributed by atoms with Crippen molar-refractivity contribution in [2.24, 2.45) is 0 Å². The standard InChI is InChI=1S/C12H17N3O2.2ClH/c1-8-9(3-2-5-14-8)12(17)15-10-7-13-6-4-11(10)16;;/h2-3,5,10-11,13,16H,4,6-7H2,1H3,(H,15,17);2*1H/t10-,11+;;/m0../s1. The number of nitrogens with zero attached hydrogens (tertiary/aromatic N) is 1. The van der Waals surface area contributed by atoms with Gasteiger partial charge in [0.1, 0.15) is 0 Å². The highest BCUT2D eigenvalue weighted by atomic mass is 35.5. The molecule has 0 aliphatic carbocycles. The van der Waals surface area contributed by atoms with E-state index in [9.17, 15) is 9.90 Å². The molecule has 0 spiro atoms. The second kappa shape index (κ2) is 8.32.